The summed E-state index contributed by atoms with van der Waals surface area (Å²) in [5.74, 6) is -3.69. The molecule has 6 nitrogen and oxygen atoms in total. The molecule has 0 spiro atoms. The van der Waals surface area contributed by atoms with Crippen LogP contribution in [0.15, 0.2) is 30.0 Å². The highest BCUT2D eigenvalue weighted by atomic mass is 19.1. The van der Waals surface area contributed by atoms with Crippen molar-refractivity contribution >= 4 is 17.6 Å². The van der Waals surface area contributed by atoms with Crippen LogP contribution in [-0.4, -0.2) is 23.5 Å². The van der Waals surface area contributed by atoms with Crippen molar-refractivity contribution in [1.82, 2.24) is 5.32 Å². The van der Waals surface area contributed by atoms with Gasteiger partial charge in [0.2, 0.25) is 0 Å². The zero-order valence-corrected chi connectivity index (χ0v) is 9.98. The fourth-order valence-corrected chi connectivity index (χ4v) is 1.16. The van der Waals surface area contributed by atoms with Crippen LogP contribution in [0.2, 0.25) is 0 Å². The molecule has 0 saturated heterocycles. The summed E-state index contributed by atoms with van der Waals surface area (Å²) in [6.07, 6.45) is 0.856. The molecule has 0 aliphatic rings. The van der Waals surface area contributed by atoms with Crippen molar-refractivity contribution in [3.05, 3.63) is 41.6 Å². The Morgan fingerprint density at radius 3 is 2.70 bits per heavy atom. The third-order valence-electron chi connectivity index (χ3n) is 2.07. The average Bonchev–Trinajstić information content (AvgIpc) is 2.40. The molecule has 1 aromatic carbocycles. The number of carboxylic acids is 1. The molecule has 1 aromatic rings. The number of nitrogens with zero attached hydrogens (tertiary/aromatic N) is 1. The van der Waals surface area contributed by atoms with Crippen molar-refractivity contribution in [2.24, 2.45) is 0 Å². The van der Waals surface area contributed by atoms with Crippen molar-refractivity contribution < 1.29 is 23.5 Å². The van der Waals surface area contributed by atoms with Crippen molar-refractivity contribution in [3.63, 3.8) is 0 Å². The Hall–Kier alpha value is -2.95. The SMILES string of the molecule is N#C/C(=C/Nc1cc(F)ccc1F)C(=O)NCC(=O)O. The van der Waals surface area contributed by atoms with E-state index in [1.807, 2.05) is 5.32 Å². The first-order valence-electron chi connectivity index (χ1n) is 5.26. The van der Waals surface area contributed by atoms with Crippen molar-refractivity contribution in [2.75, 3.05) is 11.9 Å². The van der Waals surface area contributed by atoms with E-state index in [0.29, 0.717) is 0 Å². The predicted molar refractivity (Wildman–Crippen MR) is 64.3 cm³/mol. The van der Waals surface area contributed by atoms with E-state index in [0.717, 1.165) is 24.4 Å². The van der Waals surface area contributed by atoms with E-state index in [2.05, 4.69) is 5.32 Å². The Kier molecular flexibility index (Phi) is 5.17. The number of benzene rings is 1. The number of nitrogens with one attached hydrogen (secondary N) is 2. The van der Waals surface area contributed by atoms with Crippen molar-refractivity contribution in [3.8, 4) is 6.07 Å². The number of aliphatic carboxylic acids is 1. The summed E-state index contributed by atoms with van der Waals surface area (Å²) in [4.78, 5) is 21.6. The van der Waals surface area contributed by atoms with E-state index in [-0.39, 0.29) is 5.69 Å². The molecule has 0 unspecified atom stereocenters. The van der Waals surface area contributed by atoms with Gasteiger partial charge in [0.15, 0.2) is 0 Å². The second-order valence-electron chi connectivity index (χ2n) is 3.51. The second-order valence-corrected chi connectivity index (χ2v) is 3.51. The van der Waals surface area contributed by atoms with Crippen LogP contribution < -0.4 is 10.6 Å². The molecule has 0 radical (unpaired) electrons. The van der Waals surface area contributed by atoms with E-state index < -0.39 is 35.6 Å². The van der Waals surface area contributed by atoms with Gasteiger partial charge in [0, 0.05) is 12.3 Å². The minimum Gasteiger partial charge on any atom is -0.480 e. The molecule has 20 heavy (non-hydrogen) atoms. The molecule has 8 heteroatoms. The monoisotopic (exact) mass is 281 g/mol. The van der Waals surface area contributed by atoms with Crippen LogP contribution in [0.4, 0.5) is 14.5 Å². The Morgan fingerprint density at radius 1 is 1.40 bits per heavy atom. The summed E-state index contributed by atoms with van der Waals surface area (Å²) >= 11 is 0. The number of hydrogen-bond donors (Lipinski definition) is 3. The number of anilines is 1. The number of nitriles is 1. The number of carbonyl (C=O) groups is 2. The molecule has 1 rings (SSSR count). The summed E-state index contributed by atoms with van der Waals surface area (Å²) in [6, 6.07) is 4.14. The van der Waals surface area contributed by atoms with Gasteiger partial charge in [0.05, 0.1) is 5.69 Å². The summed E-state index contributed by atoms with van der Waals surface area (Å²) in [5, 5.41) is 21.3. The van der Waals surface area contributed by atoms with Crippen LogP contribution in [0.1, 0.15) is 0 Å². The fourth-order valence-electron chi connectivity index (χ4n) is 1.16. The normalized spacial score (nSPS) is 10.6. The van der Waals surface area contributed by atoms with Gasteiger partial charge >= 0.3 is 5.97 Å². The number of halogens is 2. The Morgan fingerprint density at radius 2 is 2.10 bits per heavy atom. The summed E-state index contributed by atoms with van der Waals surface area (Å²) < 4.78 is 26.1. The average molecular weight is 281 g/mol. The summed E-state index contributed by atoms with van der Waals surface area (Å²) in [7, 11) is 0. The van der Waals surface area contributed by atoms with E-state index >= 15 is 0 Å². The standard InChI is InChI=1S/C12H9F2N3O3/c13-8-1-2-9(14)10(3-8)16-5-7(4-15)12(20)17-6-11(18)19/h1-3,5,16H,6H2,(H,17,20)(H,18,19)/b7-5-. The van der Waals surface area contributed by atoms with Gasteiger partial charge in [-0.2, -0.15) is 5.26 Å². The van der Waals surface area contributed by atoms with E-state index in [4.69, 9.17) is 10.4 Å². The third-order valence-corrected chi connectivity index (χ3v) is 2.07. The summed E-state index contributed by atoms with van der Waals surface area (Å²) in [6.45, 7) is -0.661. The molecule has 0 heterocycles. The van der Waals surface area contributed by atoms with E-state index in [1.165, 1.54) is 6.07 Å². The number of carboxylic acid groups (broad SMARTS) is 1. The zero-order chi connectivity index (χ0) is 15.1. The lowest BCUT2D eigenvalue weighted by Crippen LogP contribution is -2.30. The molecule has 0 atom stereocenters. The highest BCUT2D eigenvalue weighted by Gasteiger charge is 2.10. The molecule has 0 saturated carbocycles. The molecule has 0 aliphatic heterocycles. The topological polar surface area (TPSA) is 102 Å². The lowest BCUT2D eigenvalue weighted by molar-refractivity contribution is -0.137. The van der Waals surface area contributed by atoms with Gasteiger partial charge in [0.25, 0.3) is 5.91 Å². The largest absolute Gasteiger partial charge is 0.480 e. The minimum atomic E-state index is -1.28. The highest BCUT2D eigenvalue weighted by molar-refractivity contribution is 5.98. The minimum absolute atomic E-state index is 0.260. The van der Waals surface area contributed by atoms with Crippen LogP contribution in [0.5, 0.6) is 0 Å². The highest BCUT2D eigenvalue weighted by Crippen LogP contribution is 2.15. The number of carbonyl (C=O) groups excluding carboxylic acids is 1. The quantitative estimate of drug-likeness (QED) is 0.551. The van der Waals surface area contributed by atoms with Gasteiger partial charge in [-0.15, -0.1) is 0 Å². The molecule has 0 aliphatic carbocycles. The first-order valence-corrected chi connectivity index (χ1v) is 5.26. The molecular formula is C12H9F2N3O3. The second kappa shape index (κ2) is 6.84. The maximum absolute atomic E-state index is 13.3. The zero-order valence-electron chi connectivity index (χ0n) is 9.98. The van der Waals surface area contributed by atoms with Crippen LogP contribution in [-0.2, 0) is 9.59 Å². The van der Waals surface area contributed by atoms with Crippen LogP contribution in [0.25, 0.3) is 0 Å². The van der Waals surface area contributed by atoms with Crippen molar-refractivity contribution in [1.29, 1.82) is 5.26 Å². The fraction of sp³-hybridized carbons (Fsp3) is 0.0833. The third kappa shape index (κ3) is 4.38. The number of rotatable bonds is 5. The smallest absolute Gasteiger partial charge is 0.322 e. The molecule has 3 N–H and O–H groups in total. The lowest BCUT2D eigenvalue weighted by atomic mass is 10.2. The Labute approximate surface area is 112 Å². The lowest BCUT2D eigenvalue weighted by Gasteiger charge is -2.04. The van der Waals surface area contributed by atoms with E-state index in [1.54, 1.807) is 0 Å². The predicted octanol–water partition coefficient (Wildman–Crippen LogP) is 0.985. The number of hydrogen-bond acceptors (Lipinski definition) is 4. The van der Waals surface area contributed by atoms with E-state index in [9.17, 15) is 18.4 Å². The molecule has 0 aromatic heterocycles. The molecule has 0 fully saturated rings. The van der Waals surface area contributed by atoms with Gasteiger partial charge in [-0.3, -0.25) is 9.59 Å². The molecule has 0 bridgehead atoms. The van der Waals surface area contributed by atoms with Gasteiger partial charge < -0.3 is 15.7 Å². The maximum Gasteiger partial charge on any atom is 0.322 e. The van der Waals surface area contributed by atoms with Gasteiger partial charge in [-0.25, -0.2) is 8.78 Å². The van der Waals surface area contributed by atoms with Gasteiger partial charge in [-0.1, -0.05) is 0 Å². The Bertz CT molecular complexity index is 608. The first-order chi connectivity index (χ1) is 9.43. The number of amides is 1. The summed E-state index contributed by atoms with van der Waals surface area (Å²) in [5.41, 5.74) is -0.737. The van der Waals surface area contributed by atoms with Crippen molar-refractivity contribution in [2.45, 2.75) is 0 Å². The maximum atomic E-state index is 13.3. The van der Waals surface area contributed by atoms with Gasteiger partial charge in [-0.05, 0) is 12.1 Å². The van der Waals surface area contributed by atoms with Crippen LogP contribution >= 0.6 is 0 Å². The van der Waals surface area contributed by atoms with Crippen LogP contribution in [0.3, 0.4) is 0 Å². The molecule has 104 valence electrons. The van der Waals surface area contributed by atoms with Gasteiger partial charge in [0.1, 0.15) is 29.8 Å². The van der Waals surface area contributed by atoms with Crippen LogP contribution in [0, 0.1) is 23.0 Å². The first kappa shape index (κ1) is 15.1. The molecular weight excluding hydrogens is 272 g/mol. The Balaban J connectivity index is 2.80. The molecule has 1 amide bonds.